The number of amides is 2. The van der Waals surface area contributed by atoms with Gasteiger partial charge in [0.2, 0.25) is 5.91 Å². The van der Waals surface area contributed by atoms with Crippen molar-refractivity contribution in [3.05, 3.63) is 65.7 Å². The number of hydrogen-bond donors (Lipinski definition) is 3. The predicted molar refractivity (Wildman–Crippen MR) is 96.9 cm³/mol. The summed E-state index contributed by atoms with van der Waals surface area (Å²) in [7, 11) is 0. The molecular weight excluding hydrogens is 332 g/mol. The van der Waals surface area contributed by atoms with Gasteiger partial charge in [-0.25, -0.2) is 0 Å². The summed E-state index contributed by atoms with van der Waals surface area (Å²) in [6, 6.07) is 16.1. The Morgan fingerprint density at radius 1 is 1.00 bits per heavy atom. The van der Waals surface area contributed by atoms with Crippen LogP contribution in [0.4, 0.5) is 5.69 Å². The van der Waals surface area contributed by atoms with Crippen LogP contribution in [0.3, 0.4) is 0 Å². The molecule has 0 spiro atoms. The van der Waals surface area contributed by atoms with Crippen LogP contribution in [0.5, 0.6) is 0 Å². The maximum Gasteiger partial charge on any atom is 0.322 e. The standard InChI is InChI=1S/C20H20N2O4/c23-17(24)12-21-19(25)15-8-10-16(11-9-15)22-20(26)18(14-6-7-14)13-4-2-1-3-5-13/h1-5,8-11,14,18H,6-7,12H2,(H,21,25)(H,22,26)(H,23,24). The van der Waals surface area contributed by atoms with Gasteiger partial charge in [-0.2, -0.15) is 0 Å². The third-order valence-electron chi connectivity index (χ3n) is 4.35. The largest absolute Gasteiger partial charge is 0.480 e. The fraction of sp³-hybridized carbons (Fsp3) is 0.250. The van der Waals surface area contributed by atoms with Gasteiger partial charge in [0.25, 0.3) is 5.91 Å². The molecule has 0 radical (unpaired) electrons. The first-order valence-corrected chi connectivity index (χ1v) is 8.50. The maximum absolute atomic E-state index is 12.7. The fourth-order valence-corrected chi connectivity index (χ4v) is 2.91. The molecule has 2 aromatic rings. The minimum Gasteiger partial charge on any atom is -0.480 e. The molecule has 6 nitrogen and oxygen atoms in total. The highest BCUT2D eigenvalue weighted by atomic mass is 16.4. The van der Waals surface area contributed by atoms with Crippen molar-refractivity contribution >= 4 is 23.5 Å². The third-order valence-corrected chi connectivity index (χ3v) is 4.35. The molecular formula is C20H20N2O4. The van der Waals surface area contributed by atoms with Gasteiger partial charge in [-0.3, -0.25) is 14.4 Å². The second-order valence-electron chi connectivity index (χ2n) is 6.37. The van der Waals surface area contributed by atoms with E-state index in [1.165, 1.54) is 0 Å². The molecule has 0 saturated heterocycles. The highest BCUT2D eigenvalue weighted by Gasteiger charge is 2.37. The Morgan fingerprint density at radius 3 is 2.23 bits per heavy atom. The molecule has 134 valence electrons. The number of carboxylic acid groups (broad SMARTS) is 1. The maximum atomic E-state index is 12.7. The molecule has 1 fully saturated rings. The Labute approximate surface area is 151 Å². The number of rotatable bonds is 7. The van der Waals surface area contributed by atoms with Crippen LogP contribution in [0.2, 0.25) is 0 Å². The van der Waals surface area contributed by atoms with E-state index in [1.54, 1.807) is 24.3 Å². The Morgan fingerprint density at radius 2 is 1.65 bits per heavy atom. The summed E-state index contributed by atoms with van der Waals surface area (Å²) in [6.45, 7) is -0.433. The van der Waals surface area contributed by atoms with Gasteiger partial charge >= 0.3 is 5.97 Å². The van der Waals surface area contributed by atoms with Gasteiger partial charge in [-0.1, -0.05) is 30.3 Å². The lowest BCUT2D eigenvalue weighted by Crippen LogP contribution is -2.29. The molecule has 0 aromatic heterocycles. The second-order valence-corrected chi connectivity index (χ2v) is 6.37. The topological polar surface area (TPSA) is 95.5 Å². The molecule has 2 aromatic carbocycles. The van der Waals surface area contributed by atoms with Crippen molar-refractivity contribution in [1.29, 1.82) is 0 Å². The summed E-state index contributed by atoms with van der Waals surface area (Å²) in [6.07, 6.45) is 2.10. The van der Waals surface area contributed by atoms with Crippen molar-refractivity contribution in [3.63, 3.8) is 0 Å². The summed E-state index contributed by atoms with van der Waals surface area (Å²) in [5.74, 6) is -1.42. The quantitative estimate of drug-likeness (QED) is 0.714. The molecule has 2 amide bonds. The third kappa shape index (κ3) is 4.47. The summed E-state index contributed by atoms with van der Waals surface area (Å²) in [5.41, 5.74) is 1.95. The van der Waals surface area contributed by atoms with Crippen LogP contribution in [-0.4, -0.2) is 29.4 Å². The van der Waals surface area contributed by atoms with Crippen molar-refractivity contribution in [2.75, 3.05) is 11.9 Å². The normalized spacial score (nSPS) is 14.3. The number of carbonyl (C=O) groups excluding carboxylic acids is 2. The molecule has 0 aliphatic heterocycles. The van der Waals surface area contributed by atoms with E-state index < -0.39 is 18.4 Å². The van der Waals surface area contributed by atoms with Crippen LogP contribution in [0, 0.1) is 5.92 Å². The summed E-state index contributed by atoms with van der Waals surface area (Å²) in [4.78, 5) is 35.0. The van der Waals surface area contributed by atoms with Gasteiger partial charge in [0.1, 0.15) is 6.54 Å². The lowest BCUT2D eigenvalue weighted by Gasteiger charge is -2.17. The average Bonchev–Trinajstić information content (AvgIpc) is 3.46. The van der Waals surface area contributed by atoms with Crippen molar-refractivity contribution < 1.29 is 19.5 Å². The van der Waals surface area contributed by atoms with Gasteiger partial charge in [0.05, 0.1) is 5.92 Å². The molecule has 1 unspecified atom stereocenters. The number of hydrogen-bond acceptors (Lipinski definition) is 3. The number of aliphatic carboxylic acids is 1. The molecule has 1 aliphatic rings. The Hall–Kier alpha value is -3.15. The van der Waals surface area contributed by atoms with E-state index >= 15 is 0 Å². The second kappa shape index (κ2) is 7.82. The summed E-state index contributed by atoms with van der Waals surface area (Å²) in [5, 5.41) is 13.8. The van der Waals surface area contributed by atoms with E-state index in [-0.39, 0.29) is 11.8 Å². The molecule has 3 N–H and O–H groups in total. The van der Waals surface area contributed by atoms with Crippen molar-refractivity contribution in [2.45, 2.75) is 18.8 Å². The van der Waals surface area contributed by atoms with Crippen LogP contribution in [-0.2, 0) is 9.59 Å². The number of benzene rings is 2. The average molecular weight is 352 g/mol. The SMILES string of the molecule is O=C(O)CNC(=O)c1ccc(NC(=O)C(c2ccccc2)C2CC2)cc1. The van der Waals surface area contributed by atoms with E-state index in [1.807, 2.05) is 30.3 Å². The number of nitrogens with one attached hydrogen (secondary N) is 2. The zero-order chi connectivity index (χ0) is 18.5. The number of carbonyl (C=O) groups is 3. The summed E-state index contributed by atoms with van der Waals surface area (Å²) >= 11 is 0. The monoisotopic (exact) mass is 352 g/mol. The van der Waals surface area contributed by atoms with Crippen molar-refractivity contribution in [2.24, 2.45) is 5.92 Å². The van der Waals surface area contributed by atoms with E-state index in [0.717, 1.165) is 18.4 Å². The van der Waals surface area contributed by atoms with Crippen LogP contribution in [0.1, 0.15) is 34.7 Å². The zero-order valence-corrected chi connectivity index (χ0v) is 14.1. The van der Waals surface area contributed by atoms with E-state index in [9.17, 15) is 14.4 Å². The smallest absolute Gasteiger partial charge is 0.322 e. The molecule has 26 heavy (non-hydrogen) atoms. The molecule has 0 bridgehead atoms. The summed E-state index contributed by atoms with van der Waals surface area (Å²) < 4.78 is 0. The van der Waals surface area contributed by atoms with Crippen LogP contribution < -0.4 is 10.6 Å². The highest BCUT2D eigenvalue weighted by molar-refractivity contribution is 5.98. The Kier molecular flexibility index (Phi) is 5.31. The molecule has 6 heteroatoms. The predicted octanol–water partition coefficient (Wildman–Crippen LogP) is 2.63. The minimum atomic E-state index is -1.10. The van der Waals surface area contributed by atoms with Gasteiger partial charge in [0, 0.05) is 11.3 Å². The molecule has 1 aliphatic carbocycles. The lowest BCUT2D eigenvalue weighted by atomic mass is 9.93. The molecule has 1 atom stereocenters. The first-order valence-electron chi connectivity index (χ1n) is 8.50. The zero-order valence-electron chi connectivity index (χ0n) is 14.1. The van der Waals surface area contributed by atoms with Crippen molar-refractivity contribution in [1.82, 2.24) is 5.32 Å². The van der Waals surface area contributed by atoms with Gasteiger partial charge < -0.3 is 15.7 Å². The van der Waals surface area contributed by atoms with Crippen molar-refractivity contribution in [3.8, 4) is 0 Å². The number of carboxylic acids is 1. The minimum absolute atomic E-state index is 0.0539. The van der Waals surface area contributed by atoms with E-state index in [2.05, 4.69) is 10.6 Å². The highest BCUT2D eigenvalue weighted by Crippen LogP contribution is 2.43. The molecule has 1 saturated carbocycles. The van der Waals surface area contributed by atoms with Crippen LogP contribution in [0.25, 0.3) is 0 Å². The molecule has 0 heterocycles. The Bertz CT molecular complexity index is 798. The van der Waals surface area contributed by atoms with Crippen LogP contribution in [0.15, 0.2) is 54.6 Å². The van der Waals surface area contributed by atoms with Gasteiger partial charge in [0.15, 0.2) is 0 Å². The van der Waals surface area contributed by atoms with E-state index in [4.69, 9.17) is 5.11 Å². The van der Waals surface area contributed by atoms with Gasteiger partial charge in [-0.05, 0) is 48.6 Å². The lowest BCUT2D eigenvalue weighted by molar-refractivity contribution is -0.135. The first-order chi connectivity index (χ1) is 12.5. The van der Waals surface area contributed by atoms with E-state index in [0.29, 0.717) is 17.2 Å². The molecule has 3 rings (SSSR count). The van der Waals surface area contributed by atoms with Crippen LogP contribution >= 0.6 is 0 Å². The Balaban J connectivity index is 1.65. The first kappa shape index (κ1) is 17.7. The van der Waals surface area contributed by atoms with Gasteiger partial charge in [-0.15, -0.1) is 0 Å². The fourth-order valence-electron chi connectivity index (χ4n) is 2.91. The number of anilines is 1.